The van der Waals surface area contributed by atoms with E-state index in [-0.39, 0.29) is 0 Å². The zero-order valence-corrected chi connectivity index (χ0v) is 4.65. The third-order valence-corrected chi connectivity index (χ3v) is 1.30. The summed E-state index contributed by atoms with van der Waals surface area (Å²) in [7, 11) is -0.813. The lowest BCUT2D eigenvalue weighted by Crippen LogP contribution is -1.96. The Bertz CT molecular complexity index is 88.1. The van der Waals surface area contributed by atoms with E-state index in [4.69, 9.17) is 12.8 Å². The summed E-state index contributed by atoms with van der Waals surface area (Å²) in [6.07, 6.45) is 9.87. The summed E-state index contributed by atoms with van der Waals surface area (Å²) < 4.78 is 0. The molecule has 1 radical (unpaired) electrons. The molecule has 0 bridgehead atoms. The first-order chi connectivity index (χ1) is 2.81. The second-order valence-corrected chi connectivity index (χ2v) is 2.74. The largest absolute Gasteiger partial charge is 0.230 e. The van der Waals surface area contributed by atoms with Crippen molar-refractivity contribution in [3.8, 4) is 23.9 Å². The minimum Gasteiger partial charge on any atom is -0.126 e. The quantitative estimate of drug-likeness (QED) is 0.301. The van der Waals surface area contributed by atoms with Crippen LogP contribution in [0.3, 0.4) is 0 Å². The van der Waals surface area contributed by atoms with Crippen molar-refractivity contribution in [1.82, 2.24) is 0 Å². The molecule has 0 amide bonds. The molecule has 0 saturated heterocycles. The van der Waals surface area contributed by atoms with Gasteiger partial charge in [-0.05, 0) is 6.55 Å². The summed E-state index contributed by atoms with van der Waals surface area (Å²) in [6, 6.07) is 0. The average molecular weight is 93.2 g/mol. The Hall–Kier alpha value is -0.663. The van der Waals surface area contributed by atoms with E-state index in [1.54, 1.807) is 0 Å². The molecule has 0 spiro atoms. The molecule has 29 valence electrons. The van der Waals surface area contributed by atoms with Crippen LogP contribution in [0.25, 0.3) is 0 Å². The molecule has 0 unspecified atom stereocenters. The van der Waals surface area contributed by atoms with Gasteiger partial charge in [-0.3, -0.25) is 0 Å². The van der Waals surface area contributed by atoms with Crippen LogP contribution in [0.15, 0.2) is 0 Å². The molecule has 0 heterocycles. The monoisotopic (exact) mass is 93.0 g/mol. The summed E-state index contributed by atoms with van der Waals surface area (Å²) in [5.41, 5.74) is 4.96. The van der Waals surface area contributed by atoms with Gasteiger partial charge in [0, 0.05) is 0 Å². The predicted molar refractivity (Wildman–Crippen MR) is 29.3 cm³/mol. The maximum Gasteiger partial charge on any atom is 0.230 e. The van der Waals surface area contributed by atoms with Crippen molar-refractivity contribution in [1.29, 1.82) is 0 Å². The molecule has 0 fully saturated rings. The molecule has 0 atom stereocenters. The van der Waals surface area contributed by atoms with E-state index in [2.05, 4.69) is 11.1 Å². The van der Waals surface area contributed by atoms with Crippen LogP contribution in [-0.4, -0.2) is 8.80 Å². The molecule has 0 aromatic rings. The van der Waals surface area contributed by atoms with Crippen molar-refractivity contribution in [2.24, 2.45) is 0 Å². The summed E-state index contributed by atoms with van der Waals surface area (Å²) >= 11 is 0. The minimum absolute atomic E-state index is 0.813. The second-order valence-electron chi connectivity index (χ2n) is 0.914. The second kappa shape index (κ2) is 2.57. The van der Waals surface area contributed by atoms with Crippen LogP contribution in [-0.2, 0) is 0 Å². The highest BCUT2D eigenvalue weighted by Gasteiger charge is 1.86. The molecule has 0 aliphatic carbocycles. The van der Waals surface area contributed by atoms with Gasteiger partial charge in [-0.15, -0.1) is 23.9 Å². The fourth-order valence-corrected chi connectivity index (χ4v) is 0.125. The molecule has 0 rings (SSSR count). The van der Waals surface area contributed by atoms with Gasteiger partial charge in [-0.1, -0.05) is 0 Å². The van der Waals surface area contributed by atoms with Crippen LogP contribution in [0.5, 0.6) is 0 Å². The van der Waals surface area contributed by atoms with Crippen molar-refractivity contribution in [3.05, 3.63) is 0 Å². The molecule has 0 N–H and O–H groups in total. The third kappa shape index (κ3) is 1.64. The lowest BCUT2D eigenvalue weighted by Gasteiger charge is -1.75. The summed E-state index contributed by atoms with van der Waals surface area (Å²) in [5, 5.41) is 0. The van der Waals surface area contributed by atoms with E-state index >= 15 is 0 Å². The lowest BCUT2D eigenvalue weighted by atomic mass is 11.4. The Balaban J connectivity index is 3.40. The van der Waals surface area contributed by atoms with Gasteiger partial charge in [0.15, 0.2) is 0 Å². The molecule has 0 nitrogen and oxygen atoms in total. The molecule has 0 aliphatic rings. The molecular weight excluding hydrogens is 88.1 g/mol. The van der Waals surface area contributed by atoms with E-state index < -0.39 is 8.80 Å². The zero-order chi connectivity index (χ0) is 4.99. The topological polar surface area (TPSA) is 0 Å². The normalized spacial score (nSPS) is 6.67. The van der Waals surface area contributed by atoms with Crippen LogP contribution in [0, 0.1) is 23.9 Å². The highest BCUT2D eigenvalue weighted by molar-refractivity contribution is 6.74. The summed E-state index contributed by atoms with van der Waals surface area (Å²) in [4.78, 5) is 0. The van der Waals surface area contributed by atoms with Crippen molar-refractivity contribution in [3.63, 3.8) is 0 Å². The van der Waals surface area contributed by atoms with E-state index in [1.807, 2.05) is 6.55 Å². The van der Waals surface area contributed by atoms with Gasteiger partial charge in [0.1, 0.15) is 0 Å². The fraction of sp³-hybridized carbons (Fsp3) is 0.200. The smallest absolute Gasteiger partial charge is 0.126 e. The molecule has 0 saturated carbocycles. The zero-order valence-electron chi connectivity index (χ0n) is 3.65. The van der Waals surface area contributed by atoms with Crippen LogP contribution in [0.2, 0.25) is 6.55 Å². The Labute approximate surface area is 40.2 Å². The first-order valence-corrected chi connectivity index (χ1v) is 3.58. The van der Waals surface area contributed by atoms with Crippen LogP contribution >= 0.6 is 0 Å². The van der Waals surface area contributed by atoms with Crippen molar-refractivity contribution in [2.45, 2.75) is 6.55 Å². The fourth-order valence-electron chi connectivity index (χ4n) is 0.0417. The van der Waals surface area contributed by atoms with Crippen LogP contribution in [0.1, 0.15) is 0 Å². The van der Waals surface area contributed by atoms with Crippen molar-refractivity contribution >= 4 is 8.80 Å². The number of terminal acetylenes is 2. The van der Waals surface area contributed by atoms with Gasteiger partial charge in [-0.2, -0.15) is 0 Å². The van der Waals surface area contributed by atoms with Crippen molar-refractivity contribution in [2.75, 3.05) is 0 Å². The molecule has 0 aromatic carbocycles. The van der Waals surface area contributed by atoms with E-state index in [1.165, 1.54) is 0 Å². The Morgan fingerprint density at radius 1 is 1.33 bits per heavy atom. The third-order valence-electron chi connectivity index (χ3n) is 0.433. The number of rotatable bonds is 0. The van der Waals surface area contributed by atoms with Gasteiger partial charge in [0.2, 0.25) is 8.80 Å². The molecular formula is C5H5Si. The molecule has 0 aromatic heterocycles. The maximum atomic E-state index is 4.94. The molecule has 1 heteroatoms. The Morgan fingerprint density at radius 2 is 1.67 bits per heavy atom. The van der Waals surface area contributed by atoms with Crippen molar-refractivity contribution < 1.29 is 0 Å². The van der Waals surface area contributed by atoms with Crippen LogP contribution < -0.4 is 0 Å². The first kappa shape index (κ1) is 5.34. The predicted octanol–water partition coefficient (Wildman–Crippen LogP) is 0.456. The standard InChI is InChI=1S/C5H5Si/c1-4-6(3)5-2/h1-2H,3H3. The van der Waals surface area contributed by atoms with Crippen LogP contribution in [0.4, 0.5) is 0 Å². The minimum atomic E-state index is -0.813. The lowest BCUT2D eigenvalue weighted by molar-refractivity contribution is 2.23. The summed E-state index contributed by atoms with van der Waals surface area (Å²) in [6.45, 7) is 1.91. The Morgan fingerprint density at radius 3 is 1.67 bits per heavy atom. The summed E-state index contributed by atoms with van der Waals surface area (Å²) in [5.74, 6) is 0. The highest BCUT2D eigenvalue weighted by atomic mass is 28.3. The Kier molecular flexibility index (Phi) is 2.28. The van der Waals surface area contributed by atoms with Gasteiger partial charge in [-0.25, -0.2) is 0 Å². The highest BCUT2D eigenvalue weighted by Crippen LogP contribution is 1.67. The first-order valence-electron chi connectivity index (χ1n) is 1.58. The SMILES string of the molecule is C#C[Si](C)C#C. The molecule has 0 aliphatic heterocycles. The number of hydrogen-bond acceptors (Lipinski definition) is 0. The maximum absolute atomic E-state index is 4.94. The van der Waals surface area contributed by atoms with Gasteiger partial charge in [0.25, 0.3) is 0 Å². The molecule has 6 heavy (non-hydrogen) atoms. The van der Waals surface area contributed by atoms with Gasteiger partial charge in [0.05, 0.1) is 0 Å². The van der Waals surface area contributed by atoms with Gasteiger partial charge >= 0.3 is 0 Å². The van der Waals surface area contributed by atoms with E-state index in [0.29, 0.717) is 0 Å². The average Bonchev–Trinajstić information content (AvgIpc) is 1.65. The van der Waals surface area contributed by atoms with E-state index in [9.17, 15) is 0 Å². The number of hydrogen-bond donors (Lipinski definition) is 0. The van der Waals surface area contributed by atoms with E-state index in [0.717, 1.165) is 0 Å². The van der Waals surface area contributed by atoms with Gasteiger partial charge < -0.3 is 0 Å².